The Bertz CT molecular complexity index is 2550. The molecule has 0 aliphatic heterocycles. The minimum absolute atomic E-state index is 0.590. The van der Waals surface area contributed by atoms with E-state index in [1.165, 1.54) is 16.3 Å². The third kappa shape index (κ3) is 5.16. The molecule has 0 spiro atoms. The van der Waals surface area contributed by atoms with Gasteiger partial charge >= 0.3 is 0 Å². The van der Waals surface area contributed by atoms with Crippen molar-refractivity contribution in [2.24, 2.45) is 0 Å². The van der Waals surface area contributed by atoms with E-state index in [2.05, 4.69) is 121 Å². The van der Waals surface area contributed by atoms with Gasteiger partial charge in [0.15, 0.2) is 5.82 Å². The molecule has 0 aliphatic rings. The van der Waals surface area contributed by atoms with Gasteiger partial charge < -0.3 is 0 Å². The number of benzene rings is 6. The summed E-state index contributed by atoms with van der Waals surface area (Å²) in [6.45, 7) is 0. The second kappa shape index (κ2) is 11.7. The van der Waals surface area contributed by atoms with Crippen LogP contribution in [-0.4, -0.2) is 19.9 Å². The van der Waals surface area contributed by atoms with Gasteiger partial charge in [0, 0.05) is 27.5 Å². The van der Waals surface area contributed by atoms with Gasteiger partial charge in [0.05, 0.1) is 28.1 Å². The summed E-state index contributed by atoms with van der Waals surface area (Å²) in [5.41, 5.74) is 10.6. The van der Waals surface area contributed by atoms with Crippen LogP contribution in [0.25, 0.3) is 89.0 Å². The van der Waals surface area contributed by atoms with Gasteiger partial charge in [-0.15, -0.1) is 0 Å². The van der Waals surface area contributed by atoms with Crippen molar-refractivity contribution in [3.05, 3.63) is 170 Å². The Labute approximate surface area is 278 Å². The van der Waals surface area contributed by atoms with Gasteiger partial charge in [-0.2, -0.15) is 0 Å². The number of hydrogen-bond acceptors (Lipinski definition) is 4. The summed E-state index contributed by atoms with van der Waals surface area (Å²) in [4.78, 5) is 20.2. The predicted molar refractivity (Wildman–Crippen MR) is 197 cm³/mol. The van der Waals surface area contributed by atoms with Crippen LogP contribution < -0.4 is 0 Å². The molecule has 4 heteroatoms. The highest BCUT2D eigenvalue weighted by atomic mass is 14.9. The van der Waals surface area contributed by atoms with Crippen molar-refractivity contribution < 1.29 is 0 Å². The van der Waals surface area contributed by atoms with Crippen LogP contribution in [0.2, 0.25) is 0 Å². The Hall–Kier alpha value is -6.52. The quantitative estimate of drug-likeness (QED) is 0.194. The molecule has 6 aromatic carbocycles. The molecule has 48 heavy (non-hydrogen) atoms. The fourth-order valence-corrected chi connectivity index (χ4v) is 6.40. The highest BCUT2D eigenvalue weighted by Gasteiger charge is 2.13. The first-order valence-corrected chi connectivity index (χ1v) is 16.1. The molecular weight excluding hydrogens is 585 g/mol. The molecule has 3 aromatic heterocycles. The van der Waals surface area contributed by atoms with E-state index < -0.39 is 0 Å². The Morgan fingerprint density at radius 3 is 1.54 bits per heavy atom. The van der Waals surface area contributed by atoms with E-state index in [0.29, 0.717) is 5.82 Å². The molecule has 0 bridgehead atoms. The summed E-state index contributed by atoms with van der Waals surface area (Å²) in [6, 6.07) is 58.6. The third-order valence-electron chi connectivity index (χ3n) is 8.87. The van der Waals surface area contributed by atoms with Crippen molar-refractivity contribution in [2.75, 3.05) is 0 Å². The molecular formula is C44H28N4. The largest absolute Gasteiger partial charge is 0.248 e. The number of hydrogen-bond donors (Lipinski definition) is 0. The lowest BCUT2D eigenvalue weighted by molar-refractivity contribution is 1.16. The van der Waals surface area contributed by atoms with Crippen LogP contribution in [0.3, 0.4) is 0 Å². The summed E-state index contributed by atoms with van der Waals surface area (Å²) in [7, 11) is 0. The average molecular weight is 613 g/mol. The van der Waals surface area contributed by atoms with E-state index in [9.17, 15) is 0 Å². The zero-order chi connectivity index (χ0) is 31.9. The van der Waals surface area contributed by atoms with Gasteiger partial charge in [-0.3, -0.25) is 0 Å². The topological polar surface area (TPSA) is 51.6 Å². The molecule has 0 fully saturated rings. The average Bonchev–Trinajstić information content (AvgIpc) is 3.17. The van der Waals surface area contributed by atoms with Crippen molar-refractivity contribution in [3.63, 3.8) is 0 Å². The molecule has 0 N–H and O–H groups in total. The minimum atomic E-state index is 0.590. The molecule has 0 atom stereocenters. The predicted octanol–water partition coefficient (Wildman–Crippen LogP) is 11.1. The van der Waals surface area contributed by atoms with Gasteiger partial charge in [0.2, 0.25) is 0 Å². The maximum atomic E-state index is 5.14. The van der Waals surface area contributed by atoms with E-state index >= 15 is 0 Å². The highest BCUT2D eigenvalue weighted by Crippen LogP contribution is 2.33. The smallest absolute Gasteiger partial charge is 0.179 e. The fraction of sp³-hybridized carbons (Fsp3) is 0. The first kappa shape index (κ1) is 27.8. The summed E-state index contributed by atoms with van der Waals surface area (Å²) in [6.07, 6.45) is 0. The van der Waals surface area contributed by atoms with Gasteiger partial charge in [-0.05, 0) is 52.2 Å². The lowest BCUT2D eigenvalue weighted by atomic mass is 9.97. The molecule has 0 unspecified atom stereocenters. The number of fused-ring (bicyclic) bond motifs is 3. The molecule has 0 aliphatic carbocycles. The lowest BCUT2D eigenvalue weighted by Gasteiger charge is -2.10. The molecule has 224 valence electrons. The van der Waals surface area contributed by atoms with Crippen LogP contribution in [-0.2, 0) is 0 Å². The second-order valence-electron chi connectivity index (χ2n) is 11.9. The number of nitrogens with zero attached hydrogens (tertiary/aromatic N) is 4. The second-order valence-corrected chi connectivity index (χ2v) is 11.9. The maximum absolute atomic E-state index is 5.14. The van der Waals surface area contributed by atoms with Crippen LogP contribution >= 0.6 is 0 Å². The molecule has 9 aromatic rings. The van der Waals surface area contributed by atoms with Crippen LogP contribution in [0.15, 0.2) is 170 Å². The maximum Gasteiger partial charge on any atom is 0.179 e. The number of pyridine rings is 2. The van der Waals surface area contributed by atoms with Crippen molar-refractivity contribution in [2.45, 2.75) is 0 Å². The summed E-state index contributed by atoms with van der Waals surface area (Å²) >= 11 is 0. The molecule has 0 radical (unpaired) electrons. The van der Waals surface area contributed by atoms with Gasteiger partial charge in [0.1, 0.15) is 5.69 Å². The van der Waals surface area contributed by atoms with Gasteiger partial charge in [0.25, 0.3) is 0 Å². The monoisotopic (exact) mass is 612 g/mol. The van der Waals surface area contributed by atoms with E-state index in [-0.39, 0.29) is 0 Å². The normalized spacial score (nSPS) is 11.3. The Kier molecular flexibility index (Phi) is 6.76. The standard InChI is InChI=1S/C44H28N4/c1-3-11-30(12-4-1)42-28-43(31-13-5-2-6-14-31)48-44(47-42)39-25-23-33-19-21-35(27-41(33)46-39)38-24-22-32-18-20-34(26-40(32)45-38)37-17-9-15-29-10-7-8-16-36(29)37/h1-28H. The lowest BCUT2D eigenvalue weighted by Crippen LogP contribution is -1.97. The molecule has 0 saturated heterocycles. The molecule has 0 saturated carbocycles. The highest BCUT2D eigenvalue weighted by molar-refractivity contribution is 5.99. The Morgan fingerprint density at radius 1 is 0.292 bits per heavy atom. The van der Waals surface area contributed by atoms with Crippen molar-refractivity contribution in [3.8, 4) is 56.4 Å². The van der Waals surface area contributed by atoms with Gasteiger partial charge in [-0.25, -0.2) is 19.9 Å². The summed E-state index contributed by atoms with van der Waals surface area (Å²) in [5, 5.41) is 4.62. The van der Waals surface area contributed by atoms with Crippen molar-refractivity contribution >= 4 is 32.6 Å². The number of aromatic nitrogens is 4. The first-order valence-electron chi connectivity index (χ1n) is 16.1. The minimum Gasteiger partial charge on any atom is -0.248 e. The van der Waals surface area contributed by atoms with Crippen molar-refractivity contribution in [1.82, 2.24) is 19.9 Å². The van der Waals surface area contributed by atoms with E-state index in [1.807, 2.05) is 48.5 Å². The Balaban J connectivity index is 1.12. The van der Waals surface area contributed by atoms with Crippen LogP contribution in [0.1, 0.15) is 0 Å². The first-order chi connectivity index (χ1) is 23.7. The fourth-order valence-electron chi connectivity index (χ4n) is 6.40. The Morgan fingerprint density at radius 2 is 0.833 bits per heavy atom. The van der Waals surface area contributed by atoms with Crippen LogP contribution in [0.5, 0.6) is 0 Å². The third-order valence-corrected chi connectivity index (χ3v) is 8.87. The summed E-state index contributed by atoms with van der Waals surface area (Å²) < 4.78 is 0. The zero-order valence-corrected chi connectivity index (χ0v) is 26.0. The van der Waals surface area contributed by atoms with Crippen LogP contribution in [0.4, 0.5) is 0 Å². The zero-order valence-electron chi connectivity index (χ0n) is 26.0. The van der Waals surface area contributed by atoms with E-state index in [4.69, 9.17) is 19.9 Å². The SMILES string of the molecule is c1ccc(-c2cc(-c3ccccc3)nc(-c3ccc4ccc(-c5ccc6ccc(-c7cccc8ccccc78)cc6n5)cc4n3)n2)cc1. The molecule has 9 rings (SSSR count). The van der Waals surface area contributed by atoms with E-state index in [0.717, 1.165) is 66.8 Å². The van der Waals surface area contributed by atoms with E-state index in [1.54, 1.807) is 0 Å². The molecule has 3 heterocycles. The van der Waals surface area contributed by atoms with Crippen molar-refractivity contribution in [1.29, 1.82) is 0 Å². The summed E-state index contributed by atoms with van der Waals surface area (Å²) in [5.74, 6) is 0.590. The van der Waals surface area contributed by atoms with Crippen LogP contribution in [0, 0.1) is 0 Å². The molecule has 0 amide bonds. The number of rotatable bonds is 5. The van der Waals surface area contributed by atoms with Gasteiger partial charge in [-0.1, -0.05) is 140 Å². The molecule has 4 nitrogen and oxygen atoms in total.